The van der Waals surface area contributed by atoms with Crippen molar-refractivity contribution in [3.63, 3.8) is 0 Å². The molecule has 0 spiro atoms. The number of ether oxygens (including phenoxy) is 1. The molecule has 0 aromatic heterocycles. The molecule has 1 fully saturated rings. The van der Waals surface area contributed by atoms with Gasteiger partial charge in [-0.25, -0.2) is 13.8 Å². The monoisotopic (exact) mass is 457 g/mol. The van der Waals surface area contributed by atoms with Gasteiger partial charge >= 0.3 is 0 Å². The molecular weight excluding hydrogens is 426 g/mol. The molecule has 0 heterocycles. The minimum absolute atomic E-state index is 0.184. The largest absolute Gasteiger partial charge is 0.494 e. The van der Waals surface area contributed by atoms with Crippen LogP contribution in [0, 0.1) is 6.92 Å². The van der Waals surface area contributed by atoms with Crippen LogP contribution < -0.4 is 10.2 Å². The molecular formula is C24H31N3O4S. The molecule has 0 saturated heterocycles. The second-order valence-corrected chi connectivity index (χ2v) is 9.84. The summed E-state index contributed by atoms with van der Waals surface area (Å²) >= 11 is 0. The van der Waals surface area contributed by atoms with Crippen LogP contribution in [-0.2, 0) is 14.8 Å². The normalized spacial score (nSPS) is 15.2. The predicted molar refractivity (Wildman–Crippen MR) is 125 cm³/mol. The quantitative estimate of drug-likeness (QED) is 0.457. The van der Waals surface area contributed by atoms with Gasteiger partial charge < -0.3 is 4.74 Å². The third-order valence-electron chi connectivity index (χ3n) is 5.50. The van der Waals surface area contributed by atoms with Crippen LogP contribution in [0.15, 0.2) is 58.5 Å². The number of nitrogens with one attached hydrogen (secondary N) is 1. The summed E-state index contributed by atoms with van der Waals surface area (Å²) in [6.45, 7) is 4.15. The summed E-state index contributed by atoms with van der Waals surface area (Å²) < 4.78 is 33.5. The van der Waals surface area contributed by atoms with Crippen molar-refractivity contribution in [3.05, 3.63) is 59.7 Å². The topological polar surface area (TPSA) is 88.1 Å². The Kier molecular flexibility index (Phi) is 8.41. The minimum atomic E-state index is -3.79. The Labute approximate surface area is 190 Å². The Morgan fingerprint density at radius 3 is 2.38 bits per heavy atom. The van der Waals surface area contributed by atoms with E-state index in [1.165, 1.54) is 10.5 Å². The molecule has 2 aromatic rings. The highest BCUT2D eigenvalue weighted by molar-refractivity contribution is 7.89. The average molecular weight is 458 g/mol. The van der Waals surface area contributed by atoms with Crippen molar-refractivity contribution >= 4 is 22.1 Å². The number of hydrogen-bond donors (Lipinski definition) is 1. The molecule has 172 valence electrons. The van der Waals surface area contributed by atoms with E-state index < -0.39 is 15.9 Å². The Balaban J connectivity index is 1.70. The first kappa shape index (κ1) is 23.9. The number of sulfonamides is 1. The minimum Gasteiger partial charge on any atom is -0.494 e. The molecule has 0 unspecified atom stereocenters. The van der Waals surface area contributed by atoms with Crippen molar-refractivity contribution in [3.8, 4) is 5.75 Å². The Morgan fingerprint density at radius 2 is 1.75 bits per heavy atom. The van der Waals surface area contributed by atoms with Crippen molar-refractivity contribution < 1.29 is 17.9 Å². The summed E-state index contributed by atoms with van der Waals surface area (Å²) in [5, 5.41) is 3.99. The maximum atomic E-state index is 13.4. The van der Waals surface area contributed by atoms with E-state index in [0.29, 0.717) is 6.61 Å². The van der Waals surface area contributed by atoms with Gasteiger partial charge in [0, 0.05) is 6.04 Å². The number of hydrazone groups is 1. The molecule has 1 aliphatic rings. The van der Waals surface area contributed by atoms with Crippen LogP contribution in [-0.4, -0.2) is 44.0 Å². The van der Waals surface area contributed by atoms with Crippen LogP contribution in [0.25, 0.3) is 0 Å². The van der Waals surface area contributed by atoms with Crippen LogP contribution in [0.2, 0.25) is 0 Å². The van der Waals surface area contributed by atoms with Gasteiger partial charge in [-0.2, -0.15) is 9.41 Å². The van der Waals surface area contributed by atoms with Crippen LogP contribution >= 0.6 is 0 Å². The maximum absolute atomic E-state index is 13.4. The Morgan fingerprint density at radius 1 is 1.09 bits per heavy atom. The van der Waals surface area contributed by atoms with Gasteiger partial charge in [-0.15, -0.1) is 0 Å². The molecule has 0 bridgehead atoms. The fraction of sp³-hybridized carbons (Fsp3) is 0.417. The summed E-state index contributed by atoms with van der Waals surface area (Å²) in [5.74, 6) is 0.298. The second-order valence-electron chi connectivity index (χ2n) is 7.95. The van der Waals surface area contributed by atoms with Crippen LogP contribution in [0.1, 0.15) is 50.2 Å². The van der Waals surface area contributed by atoms with E-state index in [4.69, 9.17) is 4.74 Å². The summed E-state index contributed by atoms with van der Waals surface area (Å²) in [5.41, 5.74) is 4.24. The van der Waals surface area contributed by atoms with Gasteiger partial charge in [0.25, 0.3) is 5.91 Å². The van der Waals surface area contributed by atoms with Gasteiger partial charge in [0.05, 0.1) is 24.3 Å². The van der Waals surface area contributed by atoms with Crippen molar-refractivity contribution in [2.24, 2.45) is 5.10 Å². The maximum Gasteiger partial charge on any atom is 0.255 e. The Bertz CT molecular complexity index is 1010. The zero-order valence-corrected chi connectivity index (χ0v) is 19.5. The van der Waals surface area contributed by atoms with Crippen molar-refractivity contribution in [2.45, 2.75) is 56.9 Å². The fourth-order valence-electron chi connectivity index (χ4n) is 3.80. The number of rotatable bonds is 9. The molecule has 2 aromatic carbocycles. The lowest BCUT2D eigenvalue weighted by atomic mass is 9.95. The number of benzene rings is 2. The van der Waals surface area contributed by atoms with E-state index in [1.807, 2.05) is 38.1 Å². The lowest BCUT2D eigenvalue weighted by Crippen LogP contribution is -2.46. The highest BCUT2D eigenvalue weighted by Gasteiger charge is 2.33. The fourth-order valence-corrected chi connectivity index (χ4v) is 5.44. The lowest BCUT2D eigenvalue weighted by molar-refractivity contribution is -0.121. The summed E-state index contributed by atoms with van der Waals surface area (Å²) in [7, 11) is -3.79. The van der Waals surface area contributed by atoms with Gasteiger partial charge in [-0.1, -0.05) is 37.0 Å². The van der Waals surface area contributed by atoms with E-state index in [1.54, 1.807) is 24.3 Å². The first-order valence-corrected chi connectivity index (χ1v) is 12.5. The molecule has 0 atom stereocenters. The lowest BCUT2D eigenvalue weighted by Gasteiger charge is -2.32. The van der Waals surface area contributed by atoms with Gasteiger partial charge in [0.2, 0.25) is 10.0 Å². The SMILES string of the molecule is CCOc1ccc(/C=N/NC(=O)CN(C2CCCCC2)S(=O)(=O)c2ccc(C)cc2)cc1. The van der Waals surface area contributed by atoms with Gasteiger partial charge in [-0.05, 0) is 68.7 Å². The first-order chi connectivity index (χ1) is 15.4. The van der Waals surface area contributed by atoms with E-state index in [-0.39, 0.29) is 17.5 Å². The van der Waals surface area contributed by atoms with Gasteiger partial charge in [0.1, 0.15) is 5.75 Å². The molecule has 7 nitrogen and oxygen atoms in total. The first-order valence-electron chi connectivity index (χ1n) is 11.0. The standard InChI is InChI=1S/C24H31N3O4S/c1-3-31-22-13-11-20(12-14-22)17-25-26-24(28)18-27(21-7-5-4-6-8-21)32(29,30)23-15-9-19(2)10-16-23/h9-17,21H,3-8,18H2,1-2H3,(H,26,28)/b25-17+. The summed E-state index contributed by atoms with van der Waals surface area (Å²) in [6.07, 6.45) is 6.05. The molecule has 1 amide bonds. The van der Waals surface area contributed by atoms with Crippen molar-refractivity contribution in [1.29, 1.82) is 0 Å². The van der Waals surface area contributed by atoms with E-state index in [0.717, 1.165) is 49.0 Å². The van der Waals surface area contributed by atoms with E-state index in [2.05, 4.69) is 10.5 Å². The van der Waals surface area contributed by atoms with Crippen LogP contribution in [0.4, 0.5) is 0 Å². The summed E-state index contributed by atoms with van der Waals surface area (Å²) in [6, 6.07) is 13.9. The van der Waals surface area contributed by atoms with E-state index >= 15 is 0 Å². The van der Waals surface area contributed by atoms with Gasteiger partial charge in [-0.3, -0.25) is 4.79 Å². The molecule has 0 aliphatic heterocycles. The zero-order valence-electron chi connectivity index (χ0n) is 18.7. The molecule has 1 N–H and O–H groups in total. The smallest absolute Gasteiger partial charge is 0.255 e. The van der Waals surface area contributed by atoms with Crippen LogP contribution in [0.5, 0.6) is 5.75 Å². The number of carbonyl (C=O) groups is 1. The predicted octanol–water partition coefficient (Wildman–Crippen LogP) is 3.87. The number of aryl methyl sites for hydroxylation is 1. The Hall–Kier alpha value is -2.71. The molecule has 3 rings (SSSR count). The van der Waals surface area contributed by atoms with Gasteiger partial charge in [0.15, 0.2) is 0 Å². The summed E-state index contributed by atoms with van der Waals surface area (Å²) in [4.78, 5) is 12.8. The van der Waals surface area contributed by atoms with Crippen LogP contribution in [0.3, 0.4) is 0 Å². The number of amides is 1. The third-order valence-corrected chi connectivity index (χ3v) is 7.42. The average Bonchev–Trinajstić information content (AvgIpc) is 2.79. The highest BCUT2D eigenvalue weighted by atomic mass is 32.2. The van der Waals surface area contributed by atoms with Crippen molar-refractivity contribution in [2.75, 3.05) is 13.2 Å². The molecule has 0 radical (unpaired) electrons. The molecule has 1 saturated carbocycles. The van der Waals surface area contributed by atoms with Crippen molar-refractivity contribution in [1.82, 2.24) is 9.73 Å². The number of nitrogens with zero attached hydrogens (tertiary/aromatic N) is 2. The second kappa shape index (κ2) is 11.2. The highest BCUT2D eigenvalue weighted by Crippen LogP contribution is 2.27. The molecule has 8 heteroatoms. The number of hydrogen-bond acceptors (Lipinski definition) is 5. The number of carbonyl (C=O) groups excluding carboxylic acids is 1. The third kappa shape index (κ3) is 6.40. The molecule has 32 heavy (non-hydrogen) atoms. The molecule has 1 aliphatic carbocycles. The zero-order chi connectivity index (χ0) is 23.0. The van der Waals surface area contributed by atoms with E-state index in [9.17, 15) is 13.2 Å².